The van der Waals surface area contributed by atoms with Gasteiger partial charge in [0.15, 0.2) is 8.46 Å². The molecule has 2 aromatic carbocycles. The highest BCUT2D eigenvalue weighted by atomic mass is 31.1. The largest absolute Gasteiger partial charge is 0.422 e. The van der Waals surface area contributed by atoms with Gasteiger partial charge >= 0.3 is 5.97 Å². The lowest BCUT2D eigenvalue weighted by atomic mass is 10.00. The molecule has 0 unspecified atom stereocenters. The topological polar surface area (TPSA) is 43.4 Å². The summed E-state index contributed by atoms with van der Waals surface area (Å²) >= 11 is 0. The van der Waals surface area contributed by atoms with Crippen molar-refractivity contribution in [3.8, 4) is 5.75 Å². The molecule has 0 atom stereocenters. The minimum atomic E-state index is -0.420. The second-order valence-corrected chi connectivity index (χ2v) is 5.39. The maximum atomic E-state index is 12.3. The van der Waals surface area contributed by atoms with E-state index in [0.717, 1.165) is 16.7 Å². The van der Waals surface area contributed by atoms with Crippen molar-refractivity contribution < 1.29 is 14.1 Å². The van der Waals surface area contributed by atoms with Crippen LogP contribution in [0.4, 0.5) is 0 Å². The number of hydrogen-bond acceptors (Lipinski definition) is 3. The van der Waals surface area contributed by atoms with E-state index in [4.69, 9.17) is 4.74 Å². The molecule has 3 nitrogen and oxygen atoms in total. The molecule has 0 N–H and O–H groups in total. The minimum Gasteiger partial charge on any atom is -0.422 e. The maximum Gasteiger partial charge on any atom is 0.344 e. The van der Waals surface area contributed by atoms with Crippen molar-refractivity contribution in [3.05, 3.63) is 58.7 Å². The number of carbonyl (C=O) groups is 1. The zero-order valence-corrected chi connectivity index (χ0v) is 12.5. The molecular weight excluding hydrogens is 271 g/mol. The molecule has 0 saturated carbocycles. The summed E-state index contributed by atoms with van der Waals surface area (Å²) in [6.07, 6.45) is 0. The van der Waals surface area contributed by atoms with E-state index in [1.165, 1.54) is 0 Å². The standard InChI is InChI=1S/C16H15O3P/c1-10-8-11(2)15(12(3)9-10)16(17)19-13-6-4-5-7-14(13)20-18/h4-9H,1-3H3. The van der Waals surface area contributed by atoms with Crippen LogP contribution in [0.25, 0.3) is 0 Å². The van der Waals surface area contributed by atoms with Gasteiger partial charge in [-0.2, -0.15) is 0 Å². The highest BCUT2D eigenvalue weighted by Crippen LogP contribution is 2.20. The Morgan fingerprint density at radius 3 is 2.25 bits per heavy atom. The summed E-state index contributed by atoms with van der Waals surface area (Å²) < 4.78 is 16.4. The first kappa shape index (κ1) is 14.4. The number of ether oxygens (including phenoxy) is 1. The van der Waals surface area contributed by atoms with Crippen molar-refractivity contribution >= 4 is 19.7 Å². The third-order valence-electron chi connectivity index (χ3n) is 3.05. The van der Waals surface area contributed by atoms with E-state index in [2.05, 4.69) is 0 Å². The number of carbonyl (C=O) groups excluding carboxylic acids is 1. The molecule has 0 saturated heterocycles. The van der Waals surface area contributed by atoms with E-state index in [0.29, 0.717) is 16.6 Å². The summed E-state index contributed by atoms with van der Waals surface area (Å²) in [5.41, 5.74) is 3.43. The summed E-state index contributed by atoms with van der Waals surface area (Å²) in [4.78, 5) is 12.3. The molecule has 2 aromatic rings. The van der Waals surface area contributed by atoms with Gasteiger partial charge in [0.05, 0.1) is 10.9 Å². The van der Waals surface area contributed by atoms with E-state index in [9.17, 15) is 9.36 Å². The lowest BCUT2D eigenvalue weighted by Crippen LogP contribution is -2.15. The Balaban J connectivity index is 2.36. The zero-order chi connectivity index (χ0) is 14.7. The van der Waals surface area contributed by atoms with Crippen molar-refractivity contribution in [2.45, 2.75) is 20.8 Å². The monoisotopic (exact) mass is 286 g/mol. The zero-order valence-electron chi connectivity index (χ0n) is 11.6. The van der Waals surface area contributed by atoms with Gasteiger partial charge in [-0.15, -0.1) is 0 Å². The Morgan fingerprint density at radius 2 is 1.65 bits per heavy atom. The van der Waals surface area contributed by atoms with Gasteiger partial charge in [-0.1, -0.05) is 29.8 Å². The number of para-hydroxylation sites is 1. The predicted octanol–water partition coefficient (Wildman–Crippen LogP) is 3.75. The average molecular weight is 286 g/mol. The van der Waals surface area contributed by atoms with Gasteiger partial charge in [0.2, 0.25) is 0 Å². The lowest BCUT2D eigenvalue weighted by Gasteiger charge is -2.11. The highest BCUT2D eigenvalue weighted by Gasteiger charge is 2.16. The van der Waals surface area contributed by atoms with Crippen LogP contribution in [-0.2, 0) is 4.57 Å². The first-order chi connectivity index (χ1) is 9.52. The first-order valence-electron chi connectivity index (χ1n) is 6.25. The molecule has 0 amide bonds. The molecule has 0 aliphatic heterocycles. The number of hydrogen-bond donors (Lipinski definition) is 0. The average Bonchev–Trinajstić information content (AvgIpc) is 2.38. The molecule has 20 heavy (non-hydrogen) atoms. The SMILES string of the molecule is Cc1cc(C)c(C(=O)Oc2ccccc2P=O)c(C)c1. The van der Waals surface area contributed by atoms with Crippen LogP contribution >= 0.6 is 8.46 Å². The van der Waals surface area contributed by atoms with Crippen LogP contribution in [0.5, 0.6) is 5.75 Å². The number of esters is 1. The van der Waals surface area contributed by atoms with Crippen molar-refractivity contribution in [2.24, 2.45) is 0 Å². The molecular formula is C16H15O3P. The third kappa shape index (κ3) is 2.94. The number of aryl methyl sites for hydroxylation is 3. The molecule has 102 valence electrons. The van der Waals surface area contributed by atoms with E-state index < -0.39 is 5.97 Å². The second-order valence-electron chi connectivity index (χ2n) is 4.72. The molecule has 0 spiro atoms. The van der Waals surface area contributed by atoms with Gasteiger partial charge in [0.25, 0.3) is 0 Å². The Bertz CT molecular complexity index is 654. The van der Waals surface area contributed by atoms with Crippen LogP contribution < -0.4 is 10.0 Å². The van der Waals surface area contributed by atoms with Crippen molar-refractivity contribution in [3.63, 3.8) is 0 Å². The minimum absolute atomic E-state index is 0.166. The summed E-state index contributed by atoms with van der Waals surface area (Å²) in [6, 6.07) is 10.7. The van der Waals surface area contributed by atoms with Gasteiger partial charge in [-0.3, -0.25) is 4.57 Å². The van der Waals surface area contributed by atoms with Gasteiger partial charge in [0, 0.05) is 0 Å². The van der Waals surface area contributed by atoms with Crippen LogP contribution in [0.1, 0.15) is 27.0 Å². The fraction of sp³-hybridized carbons (Fsp3) is 0.188. The Labute approximate surface area is 119 Å². The fourth-order valence-electron chi connectivity index (χ4n) is 2.27. The molecule has 0 bridgehead atoms. The van der Waals surface area contributed by atoms with Gasteiger partial charge < -0.3 is 4.74 Å². The van der Waals surface area contributed by atoms with Crippen LogP contribution in [0.15, 0.2) is 36.4 Å². The van der Waals surface area contributed by atoms with Crippen LogP contribution in [0.3, 0.4) is 0 Å². The van der Waals surface area contributed by atoms with Crippen LogP contribution in [-0.4, -0.2) is 5.97 Å². The quantitative estimate of drug-likeness (QED) is 0.490. The molecule has 0 heterocycles. The lowest BCUT2D eigenvalue weighted by molar-refractivity contribution is 0.0735. The first-order valence-corrected chi connectivity index (χ1v) is 7.06. The predicted molar refractivity (Wildman–Crippen MR) is 79.3 cm³/mol. The van der Waals surface area contributed by atoms with E-state index in [-0.39, 0.29) is 8.46 Å². The van der Waals surface area contributed by atoms with Gasteiger partial charge in [0.1, 0.15) is 5.75 Å². The Morgan fingerprint density at radius 1 is 1.05 bits per heavy atom. The summed E-state index contributed by atoms with van der Waals surface area (Å²) in [5, 5.41) is 0.461. The van der Waals surface area contributed by atoms with Gasteiger partial charge in [-0.05, 0) is 44.0 Å². The fourth-order valence-corrected chi connectivity index (χ4v) is 2.63. The van der Waals surface area contributed by atoms with Gasteiger partial charge in [-0.25, -0.2) is 4.79 Å². The molecule has 0 aliphatic rings. The smallest absolute Gasteiger partial charge is 0.344 e. The summed E-state index contributed by atoms with van der Waals surface area (Å²) in [5.74, 6) is -0.0929. The Kier molecular flexibility index (Phi) is 4.31. The van der Waals surface area contributed by atoms with Crippen molar-refractivity contribution in [1.29, 1.82) is 0 Å². The summed E-state index contributed by atoms with van der Waals surface area (Å²) in [6.45, 7) is 5.75. The van der Waals surface area contributed by atoms with Crippen molar-refractivity contribution in [2.75, 3.05) is 0 Å². The second kappa shape index (κ2) is 5.98. The van der Waals surface area contributed by atoms with Crippen molar-refractivity contribution in [1.82, 2.24) is 0 Å². The molecule has 4 heteroatoms. The van der Waals surface area contributed by atoms with E-state index in [1.807, 2.05) is 32.9 Å². The molecule has 2 rings (SSSR count). The van der Waals surface area contributed by atoms with E-state index in [1.54, 1.807) is 24.3 Å². The molecule has 0 fully saturated rings. The maximum absolute atomic E-state index is 12.3. The van der Waals surface area contributed by atoms with Crippen LogP contribution in [0.2, 0.25) is 0 Å². The van der Waals surface area contributed by atoms with Crippen LogP contribution in [0, 0.1) is 20.8 Å². The number of rotatable bonds is 3. The Hall–Kier alpha value is -1.99. The third-order valence-corrected chi connectivity index (χ3v) is 3.61. The normalized spacial score (nSPS) is 10.6. The number of benzene rings is 2. The highest BCUT2D eigenvalue weighted by molar-refractivity contribution is 7.34. The summed E-state index contributed by atoms with van der Waals surface area (Å²) in [7, 11) is -0.166. The van der Waals surface area contributed by atoms with E-state index >= 15 is 0 Å². The molecule has 0 aromatic heterocycles. The molecule has 0 radical (unpaired) electrons. The molecule has 0 aliphatic carbocycles.